The van der Waals surface area contributed by atoms with Crippen LogP contribution in [0.1, 0.15) is 19.3 Å². The summed E-state index contributed by atoms with van der Waals surface area (Å²) in [6.07, 6.45) is 6.23. The van der Waals surface area contributed by atoms with Crippen molar-refractivity contribution in [2.75, 3.05) is 13.1 Å². The highest BCUT2D eigenvalue weighted by atomic mass is 35.5. The van der Waals surface area contributed by atoms with E-state index in [4.69, 9.17) is 11.6 Å². The molecule has 0 aliphatic carbocycles. The SMILES string of the molecule is O=S(=O)(c1cc(-c2ccnc(Cl)c2)c[nH]1)N1CCCCC1. The molecule has 1 N–H and O–H groups in total. The summed E-state index contributed by atoms with van der Waals surface area (Å²) in [6.45, 7) is 1.19. The fourth-order valence-corrected chi connectivity index (χ4v) is 4.19. The van der Waals surface area contributed by atoms with Gasteiger partial charge in [-0.2, -0.15) is 4.31 Å². The number of halogens is 1. The van der Waals surface area contributed by atoms with E-state index in [1.807, 2.05) is 0 Å². The Balaban J connectivity index is 1.90. The molecular weight excluding hydrogens is 310 g/mol. The van der Waals surface area contributed by atoms with Gasteiger partial charge in [0, 0.05) is 31.0 Å². The van der Waals surface area contributed by atoms with Gasteiger partial charge in [0.25, 0.3) is 10.0 Å². The van der Waals surface area contributed by atoms with E-state index >= 15 is 0 Å². The molecule has 0 atom stereocenters. The van der Waals surface area contributed by atoms with Crippen LogP contribution in [0.4, 0.5) is 0 Å². The van der Waals surface area contributed by atoms with Crippen molar-refractivity contribution in [2.24, 2.45) is 0 Å². The predicted molar refractivity (Wildman–Crippen MR) is 81.6 cm³/mol. The third-order valence-corrected chi connectivity index (χ3v) is 5.69. The number of piperidine rings is 1. The average Bonchev–Trinajstić information content (AvgIpc) is 2.99. The molecule has 3 heterocycles. The number of hydrogen-bond acceptors (Lipinski definition) is 3. The molecule has 0 saturated carbocycles. The van der Waals surface area contributed by atoms with Crippen molar-refractivity contribution in [3.63, 3.8) is 0 Å². The van der Waals surface area contributed by atoms with Crippen LogP contribution in [0.3, 0.4) is 0 Å². The van der Waals surface area contributed by atoms with E-state index in [9.17, 15) is 8.42 Å². The van der Waals surface area contributed by atoms with Crippen LogP contribution < -0.4 is 0 Å². The Morgan fingerprint density at radius 3 is 2.62 bits per heavy atom. The molecule has 0 spiro atoms. The summed E-state index contributed by atoms with van der Waals surface area (Å²) in [6, 6.07) is 5.16. The van der Waals surface area contributed by atoms with Gasteiger partial charge < -0.3 is 4.98 Å². The van der Waals surface area contributed by atoms with E-state index in [2.05, 4.69) is 9.97 Å². The van der Waals surface area contributed by atoms with Gasteiger partial charge >= 0.3 is 0 Å². The molecule has 0 amide bonds. The van der Waals surface area contributed by atoms with Crippen LogP contribution in [0.5, 0.6) is 0 Å². The predicted octanol–water partition coefficient (Wildman–Crippen LogP) is 2.90. The minimum absolute atomic E-state index is 0.229. The Morgan fingerprint density at radius 2 is 1.90 bits per heavy atom. The van der Waals surface area contributed by atoms with Gasteiger partial charge in [-0.25, -0.2) is 13.4 Å². The molecule has 0 aromatic carbocycles. The summed E-state index contributed by atoms with van der Waals surface area (Å²) in [5.74, 6) is 0. The van der Waals surface area contributed by atoms with Crippen molar-refractivity contribution in [1.82, 2.24) is 14.3 Å². The Morgan fingerprint density at radius 1 is 1.14 bits per heavy atom. The van der Waals surface area contributed by atoms with Crippen molar-refractivity contribution in [3.05, 3.63) is 35.7 Å². The zero-order valence-corrected chi connectivity index (χ0v) is 13.0. The molecule has 21 heavy (non-hydrogen) atoms. The third kappa shape index (κ3) is 2.97. The smallest absolute Gasteiger partial charge is 0.258 e. The fraction of sp³-hybridized carbons (Fsp3) is 0.357. The molecule has 1 saturated heterocycles. The highest BCUT2D eigenvalue weighted by Gasteiger charge is 2.27. The summed E-state index contributed by atoms with van der Waals surface area (Å²) in [5, 5.41) is 0.612. The van der Waals surface area contributed by atoms with Gasteiger partial charge in [0.05, 0.1) is 0 Å². The number of aromatic nitrogens is 2. The van der Waals surface area contributed by atoms with Crippen molar-refractivity contribution in [1.29, 1.82) is 0 Å². The van der Waals surface area contributed by atoms with Crippen LogP contribution in [0.25, 0.3) is 11.1 Å². The molecule has 7 heteroatoms. The summed E-state index contributed by atoms with van der Waals surface area (Å²) >= 11 is 5.87. The summed E-state index contributed by atoms with van der Waals surface area (Å²) in [7, 11) is -3.43. The van der Waals surface area contributed by atoms with Crippen LogP contribution in [0.2, 0.25) is 5.15 Å². The fourth-order valence-electron chi connectivity index (χ4n) is 2.52. The Hall–Kier alpha value is -1.37. The Kier molecular flexibility index (Phi) is 4.01. The molecule has 0 unspecified atom stereocenters. The lowest BCUT2D eigenvalue weighted by Gasteiger charge is -2.25. The average molecular weight is 326 g/mol. The zero-order valence-electron chi connectivity index (χ0n) is 11.4. The second kappa shape index (κ2) is 5.79. The van der Waals surface area contributed by atoms with Crippen LogP contribution in [-0.4, -0.2) is 35.8 Å². The molecule has 0 bridgehead atoms. The van der Waals surface area contributed by atoms with Crippen molar-refractivity contribution in [3.8, 4) is 11.1 Å². The number of aromatic amines is 1. The number of H-pyrrole nitrogens is 1. The number of pyridine rings is 1. The molecule has 1 fully saturated rings. The number of rotatable bonds is 3. The standard InChI is InChI=1S/C14H16ClN3O2S/c15-13-8-11(4-5-16-13)12-9-14(17-10-12)21(19,20)18-6-2-1-3-7-18/h4-5,8-10,17H,1-3,6-7H2. The van der Waals surface area contributed by atoms with Gasteiger partial charge in [-0.1, -0.05) is 18.0 Å². The molecule has 1 aliphatic rings. The number of hydrogen-bond donors (Lipinski definition) is 1. The topological polar surface area (TPSA) is 66.1 Å². The minimum atomic E-state index is -3.43. The first kappa shape index (κ1) is 14.6. The van der Waals surface area contributed by atoms with Gasteiger partial charge in [0.2, 0.25) is 0 Å². The summed E-state index contributed by atoms with van der Waals surface area (Å²) in [4.78, 5) is 6.79. The quantitative estimate of drug-likeness (QED) is 0.882. The van der Waals surface area contributed by atoms with E-state index in [1.54, 1.807) is 34.9 Å². The lowest BCUT2D eigenvalue weighted by molar-refractivity contribution is 0.345. The molecular formula is C14H16ClN3O2S. The molecule has 0 radical (unpaired) electrons. The Labute approximate surface area is 129 Å². The largest absolute Gasteiger partial charge is 0.351 e. The van der Waals surface area contributed by atoms with E-state index in [0.29, 0.717) is 18.2 Å². The van der Waals surface area contributed by atoms with Crippen LogP contribution >= 0.6 is 11.6 Å². The maximum absolute atomic E-state index is 12.6. The van der Waals surface area contributed by atoms with Crippen LogP contribution in [-0.2, 0) is 10.0 Å². The Bertz CT molecular complexity index is 736. The van der Waals surface area contributed by atoms with Crippen molar-refractivity contribution >= 4 is 21.6 Å². The minimum Gasteiger partial charge on any atom is -0.351 e. The van der Waals surface area contributed by atoms with E-state index < -0.39 is 10.0 Å². The molecule has 5 nitrogen and oxygen atoms in total. The van der Waals surface area contributed by atoms with Crippen molar-refractivity contribution < 1.29 is 8.42 Å². The third-order valence-electron chi connectivity index (χ3n) is 3.65. The van der Waals surface area contributed by atoms with Gasteiger partial charge in [0.1, 0.15) is 10.2 Å². The van der Waals surface area contributed by atoms with Gasteiger partial charge in [-0.05, 0) is 36.6 Å². The number of nitrogens with zero attached hydrogens (tertiary/aromatic N) is 2. The highest BCUT2D eigenvalue weighted by Crippen LogP contribution is 2.26. The second-order valence-corrected chi connectivity index (χ2v) is 7.38. The first-order valence-corrected chi connectivity index (χ1v) is 8.70. The van der Waals surface area contributed by atoms with E-state index in [1.165, 1.54) is 0 Å². The highest BCUT2D eigenvalue weighted by molar-refractivity contribution is 7.89. The number of sulfonamides is 1. The maximum Gasteiger partial charge on any atom is 0.258 e. The van der Waals surface area contributed by atoms with Crippen LogP contribution in [0, 0.1) is 0 Å². The normalized spacial score (nSPS) is 17.0. The molecule has 2 aromatic rings. The maximum atomic E-state index is 12.6. The van der Waals surface area contributed by atoms with Crippen LogP contribution in [0.15, 0.2) is 35.6 Å². The molecule has 1 aliphatic heterocycles. The summed E-state index contributed by atoms with van der Waals surface area (Å²) in [5.41, 5.74) is 1.63. The van der Waals surface area contributed by atoms with Gasteiger partial charge in [0.15, 0.2) is 0 Å². The van der Waals surface area contributed by atoms with Gasteiger partial charge in [-0.3, -0.25) is 0 Å². The first-order chi connectivity index (χ1) is 10.1. The monoisotopic (exact) mass is 325 g/mol. The first-order valence-electron chi connectivity index (χ1n) is 6.88. The van der Waals surface area contributed by atoms with Gasteiger partial charge in [-0.15, -0.1) is 0 Å². The molecule has 3 rings (SSSR count). The zero-order chi connectivity index (χ0) is 14.9. The molecule has 112 valence electrons. The van der Waals surface area contributed by atoms with Crippen molar-refractivity contribution in [2.45, 2.75) is 24.3 Å². The number of nitrogens with one attached hydrogen (secondary N) is 1. The summed E-state index contributed by atoms with van der Waals surface area (Å²) < 4.78 is 26.7. The lowest BCUT2D eigenvalue weighted by atomic mass is 10.1. The second-order valence-electron chi connectivity index (χ2n) is 5.08. The van der Waals surface area contributed by atoms with E-state index in [0.717, 1.165) is 30.4 Å². The molecule has 2 aromatic heterocycles. The lowest BCUT2D eigenvalue weighted by Crippen LogP contribution is -2.35. The van der Waals surface area contributed by atoms with E-state index in [-0.39, 0.29) is 5.03 Å².